The van der Waals surface area contributed by atoms with Gasteiger partial charge in [-0.3, -0.25) is 0 Å². The number of nitrogens with zero attached hydrogens (tertiary/aromatic N) is 1. The predicted octanol–water partition coefficient (Wildman–Crippen LogP) is 6.79. The highest BCUT2D eigenvalue weighted by Gasteiger charge is 2.37. The monoisotopic (exact) mass is 421 g/mol. The number of aryl methyl sites for hydroxylation is 2. The third-order valence-corrected chi connectivity index (χ3v) is 4.28. The largest absolute Gasteiger partial charge is 0.490 e. The second-order valence-electron chi connectivity index (χ2n) is 6.41. The lowest BCUT2D eigenvalue weighted by atomic mass is 9.94. The molecule has 0 fully saturated rings. The number of halogens is 3. The highest BCUT2D eigenvalue weighted by molar-refractivity contribution is 6.04. The molecular formula is C24H30F3NO2. The second-order valence-corrected chi connectivity index (χ2v) is 6.41. The van der Waals surface area contributed by atoms with Crippen LogP contribution in [-0.2, 0) is 11.3 Å². The molecule has 0 heterocycles. The molecule has 0 atom stereocenters. The second kappa shape index (κ2) is 12.1. The molecule has 0 N–H and O–H groups in total. The van der Waals surface area contributed by atoms with E-state index in [1.54, 1.807) is 12.1 Å². The first-order chi connectivity index (χ1) is 14.3. The maximum absolute atomic E-state index is 13.2. The average Bonchev–Trinajstić information content (AvgIpc) is 2.70. The van der Waals surface area contributed by atoms with Crippen LogP contribution in [0.4, 0.5) is 13.2 Å². The summed E-state index contributed by atoms with van der Waals surface area (Å²) in [6.07, 6.45) is -0.238. The molecule has 2 rings (SSSR count). The molecule has 0 saturated carbocycles. The highest BCUT2D eigenvalue weighted by Crippen LogP contribution is 2.27. The molecule has 30 heavy (non-hydrogen) atoms. The lowest BCUT2D eigenvalue weighted by Gasteiger charge is -2.15. The molecule has 0 aliphatic heterocycles. The first-order valence-electron chi connectivity index (χ1n) is 9.88. The van der Waals surface area contributed by atoms with E-state index in [0.29, 0.717) is 13.0 Å². The SMILES string of the molecule is C/C=C/COc1cc(C)c(Cc2cccc(/C(=N\OC)C(F)(F)F)c2)c(C)c1.CC. The maximum Gasteiger partial charge on any atom is 0.437 e. The molecule has 0 aliphatic carbocycles. The van der Waals surface area contributed by atoms with Crippen molar-refractivity contribution >= 4 is 5.71 Å². The van der Waals surface area contributed by atoms with Gasteiger partial charge < -0.3 is 9.57 Å². The molecule has 2 aromatic rings. The Balaban J connectivity index is 0.00000218. The molecule has 164 valence electrons. The molecule has 0 aromatic heterocycles. The minimum atomic E-state index is -4.59. The Morgan fingerprint density at radius 1 is 1.07 bits per heavy atom. The summed E-state index contributed by atoms with van der Waals surface area (Å²) in [5.41, 5.74) is 2.82. The summed E-state index contributed by atoms with van der Waals surface area (Å²) in [5, 5.41) is 3.17. The van der Waals surface area contributed by atoms with Gasteiger partial charge in [0.25, 0.3) is 0 Å². The fraction of sp³-hybridized carbons (Fsp3) is 0.375. The van der Waals surface area contributed by atoms with Gasteiger partial charge in [0.2, 0.25) is 0 Å². The molecule has 0 spiro atoms. The molecule has 0 amide bonds. The van der Waals surface area contributed by atoms with Crippen molar-refractivity contribution in [3.63, 3.8) is 0 Å². The summed E-state index contributed by atoms with van der Waals surface area (Å²) in [6.45, 7) is 10.4. The van der Waals surface area contributed by atoms with Gasteiger partial charge in [0, 0.05) is 5.56 Å². The van der Waals surface area contributed by atoms with Crippen LogP contribution in [0, 0.1) is 13.8 Å². The number of benzene rings is 2. The minimum absolute atomic E-state index is 0.0199. The summed E-state index contributed by atoms with van der Waals surface area (Å²) in [4.78, 5) is 4.38. The Kier molecular flexibility index (Phi) is 10.2. The number of rotatable bonds is 7. The van der Waals surface area contributed by atoms with Crippen molar-refractivity contribution in [2.24, 2.45) is 5.16 Å². The highest BCUT2D eigenvalue weighted by atomic mass is 19.4. The van der Waals surface area contributed by atoms with Crippen LogP contribution >= 0.6 is 0 Å². The number of alkyl halides is 3. The van der Waals surface area contributed by atoms with Crippen molar-refractivity contribution in [1.82, 2.24) is 0 Å². The van der Waals surface area contributed by atoms with Gasteiger partial charge in [-0.05, 0) is 67.6 Å². The zero-order valence-corrected chi connectivity index (χ0v) is 18.4. The van der Waals surface area contributed by atoms with Crippen LogP contribution < -0.4 is 4.74 Å². The van der Waals surface area contributed by atoms with Crippen LogP contribution in [0.1, 0.15) is 48.6 Å². The number of hydrogen-bond acceptors (Lipinski definition) is 3. The van der Waals surface area contributed by atoms with E-state index in [9.17, 15) is 13.2 Å². The van der Waals surface area contributed by atoms with Crippen molar-refractivity contribution in [2.75, 3.05) is 13.7 Å². The van der Waals surface area contributed by atoms with Crippen molar-refractivity contribution in [2.45, 2.75) is 47.2 Å². The zero-order valence-electron chi connectivity index (χ0n) is 18.4. The summed E-state index contributed by atoms with van der Waals surface area (Å²) in [6, 6.07) is 10.2. The van der Waals surface area contributed by atoms with E-state index in [0.717, 1.165) is 35.1 Å². The summed E-state index contributed by atoms with van der Waals surface area (Å²) in [5.74, 6) is 0.775. The van der Waals surface area contributed by atoms with E-state index in [2.05, 4.69) is 9.99 Å². The average molecular weight is 422 g/mol. The third-order valence-electron chi connectivity index (χ3n) is 4.28. The molecular weight excluding hydrogens is 391 g/mol. The number of hydrogen-bond donors (Lipinski definition) is 0. The molecule has 0 radical (unpaired) electrons. The van der Waals surface area contributed by atoms with E-state index >= 15 is 0 Å². The van der Waals surface area contributed by atoms with Gasteiger partial charge in [0.1, 0.15) is 19.5 Å². The first kappa shape index (κ1) is 25.3. The lowest BCUT2D eigenvalue weighted by Crippen LogP contribution is -2.24. The van der Waals surface area contributed by atoms with E-state index < -0.39 is 11.9 Å². The Hall–Kier alpha value is -2.76. The van der Waals surface area contributed by atoms with Gasteiger partial charge in [-0.25, -0.2) is 0 Å². The Labute approximate surface area is 177 Å². The van der Waals surface area contributed by atoms with E-state index in [1.807, 2.05) is 58.9 Å². The normalized spacial score (nSPS) is 11.8. The van der Waals surface area contributed by atoms with Crippen LogP contribution in [-0.4, -0.2) is 25.6 Å². The Bertz CT molecular complexity index is 848. The van der Waals surface area contributed by atoms with Gasteiger partial charge in [-0.2, -0.15) is 13.2 Å². The Morgan fingerprint density at radius 3 is 2.23 bits per heavy atom. The summed E-state index contributed by atoms with van der Waals surface area (Å²) < 4.78 is 45.4. The van der Waals surface area contributed by atoms with Crippen LogP contribution in [0.5, 0.6) is 5.75 Å². The Morgan fingerprint density at radius 2 is 1.70 bits per heavy atom. The minimum Gasteiger partial charge on any atom is -0.490 e. The van der Waals surface area contributed by atoms with Gasteiger partial charge >= 0.3 is 6.18 Å². The molecule has 3 nitrogen and oxygen atoms in total. The number of oxime groups is 1. The van der Waals surface area contributed by atoms with Crippen LogP contribution in [0.25, 0.3) is 0 Å². The standard InChI is InChI=1S/C22H24F3NO2.C2H6/c1-5-6-10-28-19-11-15(2)20(16(3)12-19)14-17-8-7-9-18(13-17)21(26-27-4)22(23,24)25;1-2/h5-9,11-13H,10,14H2,1-4H3;1-2H3/b6-5+,26-21+;. The van der Waals surface area contributed by atoms with Gasteiger partial charge in [0.15, 0.2) is 5.71 Å². The fourth-order valence-electron chi connectivity index (χ4n) is 2.95. The van der Waals surface area contributed by atoms with Gasteiger partial charge in [0.05, 0.1) is 0 Å². The van der Waals surface area contributed by atoms with Gasteiger partial charge in [-0.15, -0.1) is 0 Å². The molecule has 6 heteroatoms. The number of allylic oxidation sites excluding steroid dienone is 1. The molecule has 0 bridgehead atoms. The van der Waals surface area contributed by atoms with Crippen LogP contribution in [0.15, 0.2) is 53.7 Å². The van der Waals surface area contributed by atoms with Crippen molar-refractivity contribution in [3.05, 3.63) is 76.4 Å². The molecule has 2 aromatic carbocycles. The smallest absolute Gasteiger partial charge is 0.437 e. The molecule has 0 aliphatic rings. The lowest BCUT2D eigenvalue weighted by molar-refractivity contribution is -0.0607. The van der Waals surface area contributed by atoms with Crippen molar-refractivity contribution in [1.29, 1.82) is 0 Å². The van der Waals surface area contributed by atoms with E-state index in [4.69, 9.17) is 4.74 Å². The van der Waals surface area contributed by atoms with Crippen LogP contribution in [0.3, 0.4) is 0 Å². The third kappa shape index (κ3) is 7.25. The summed E-state index contributed by atoms with van der Waals surface area (Å²) in [7, 11) is 1.10. The summed E-state index contributed by atoms with van der Waals surface area (Å²) >= 11 is 0. The van der Waals surface area contributed by atoms with E-state index in [1.165, 1.54) is 12.1 Å². The molecule has 0 unspecified atom stereocenters. The van der Waals surface area contributed by atoms with Crippen LogP contribution in [0.2, 0.25) is 0 Å². The van der Waals surface area contributed by atoms with E-state index in [-0.39, 0.29) is 5.56 Å². The quantitative estimate of drug-likeness (QED) is 0.280. The van der Waals surface area contributed by atoms with Crippen molar-refractivity contribution < 1.29 is 22.7 Å². The van der Waals surface area contributed by atoms with Crippen molar-refractivity contribution in [3.8, 4) is 5.75 Å². The zero-order chi connectivity index (χ0) is 22.7. The fourth-order valence-corrected chi connectivity index (χ4v) is 2.95. The maximum atomic E-state index is 13.2. The predicted molar refractivity (Wildman–Crippen MR) is 116 cm³/mol. The molecule has 0 saturated heterocycles. The first-order valence-corrected chi connectivity index (χ1v) is 9.88. The number of ether oxygens (including phenoxy) is 1. The topological polar surface area (TPSA) is 30.8 Å². The van der Waals surface area contributed by atoms with Gasteiger partial charge in [-0.1, -0.05) is 49.4 Å².